The molecule has 0 fully saturated rings. The maximum absolute atomic E-state index is 12.8. The van der Waals surface area contributed by atoms with E-state index in [2.05, 4.69) is 67.6 Å². The van der Waals surface area contributed by atoms with Gasteiger partial charge in [-0.1, -0.05) is 116 Å². The predicted molar refractivity (Wildman–Crippen MR) is 150 cm³/mol. The fraction of sp³-hybridized carbons (Fsp3) is 0.143. The van der Waals surface area contributed by atoms with Gasteiger partial charge in [-0.25, -0.2) is 0 Å². The van der Waals surface area contributed by atoms with Gasteiger partial charge in [0.2, 0.25) is 0 Å². The molecular weight excluding hydrogens is 452 g/mol. The molecule has 0 saturated carbocycles. The average Bonchev–Trinajstić information content (AvgIpc) is 2.95. The van der Waals surface area contributed by atoms with Crippen LogP contribution in [0.25, 0.3) is 21.5 Å². The fourth-order valence-electron chi connectivity index (χ4n) is 6.37. The quantitative estimate of drug-likeness (QED) is 0.277. The largest absolute Gasteiger partial charge is 0.376 e. The van der Waals surface area contributed by atoms with Crippen molar-refractivity contribution in [3.8, 4) is 0 Å². The van der Waals surface area contributed by atoms with Crippen molar-refractivity contribution < 1.29 is 10.2 Å². The summed E-state index contributed by atoms with van der Waals surface area (Å²) < 4.78 is 0. The van der Waals surface area contributed by atoms with Crippen molar-refractivity contribution in [2.45, 2.75) is 24.5 Å². The first kappa shape index (κ1) is 22.2. The molecule has 2 aliphatic carbocycles. The van der Waals surface area contributed by atoms with Crippen molar-refractivity contribution >= 4 is 21.5 Å². The molecule has 2 aliphatic rings. The molecule has 37 heavy (non-hydrogen) atoms. The zero-order valence-corrected chi connectivity index (χ0v) is 20.7. The first-order valence-electron chi connectivity index (χ1n) is 13.0. The molecule has 0 bridgehead atoms. The van der Waals surface area contributed by atoms with Crippen LogP contribution in [0.5, 0.6) is 0 Å². The molecular formula is C35H28O2. The van der Waals surface area contributed by atoms with Crippen LogP contribution >= 0.6 is 0 Å². The van der Waals surface area contributed by atoms with Gasteiger partial charge in [0, 0.05) is 0 Å². The number of rotatable bonds is 2. The number of allylic oxidation sites excluding steroid dienone is 2. The van der Waals surface area contributed by atoms with Gasteiger partial charge in [0.25, 0.3) is 0 Å². The second-order valence-corrected chi connectivity index (χ2v) is 10.5. The lowest BCUT2D eigenvalue weighted by Crippen LogP contribution is -2.46. The van der Waals surface area contributed by atoms with E-state index in [0.29, 0.717) is 0 Å². The monoisotopic (exact) mass is 480 g/mol. The zero-order valence-electron chi connectivity index (χ0n) is 20.7. The molecule has 0 spiro atoms. The molecule has 3 atom stereocenters. The van der Waals surface area contributed by atoms with Crippen LogP contribution in [0, 0.1) is 5.92 Å². The summed E-state index contributed by atoms with van der Waals surface area (Å²) in [6, 6.07) is 36.6. The van der Waals surface area contributed by atoms with E-state index in [1.807, 2.05) is 60.7 Å². The molecule has 7 rings (SSSR count). The second-order valence-electron chi connectivity index (χ2n) is 10.5. The highest BCUT2D eigenvalue weighted by molar-refractivity contribution is 5.85. The molecule has 0 amide bonds. The van der Waals surface area contributed by atoms with E-state index in [1.165, 1.54) is 0 Å². The Labute approximate surface area is 216 Å². The van der Waals surface area contributed by atoms with Crippen molar-refractivity contribution in [1.82, 2.24) is 0 Å². The molecule has 0 radical (unpaired) electrons. The normalized spacial score (nSPS) is 24.8. The number of fused-ring (bicyclic) bond motifs is 4. The third-order valence-corrected chi connectivity index (χ3v) is 8.26. The first-order valence-corrected chi connectivity index (χ1v) is 13.0. The Hall–Kier alpha value is -3.98. The van der Waals surface area contributed by atoms with Crippen LogP contribution in [0.15, 0.2) is 132 Å². The number of benzene rings is 5. The van der Waals surface area contributed by atoms with Gasteiger partial charge in [-0.3, -0.25) is 0 Å². The zero-order chi connectivity index (χ0) is 25.2. The molecule has 2 heteroatoms. The van der Waals surface area contributed by atoms with Crippen LogP contribution < -0.4 is 0 Å². The summed E-state index contributed by atoms with van der Waals surface area (Å²) in [6.45, 7) is 2.16. The van der Waals surface area contributed by atoms with Gasteiger partial charge in [-0.2, -0.15) is 0 Å². The Balaban J connectivity index is 1.54. The van der Waals surface area contributed by atoms with Crippen molar-refractivity contribution in [3.05, 3.63) is 155 Å². The van der Waals surface area contributed by atoms with Gasteiger partial charge < -0.3 is 10.2 Å². The fourth-order valence-corrected chi connectivity index (χ4v) is 6.37. The number of aliphatic hydroxyl groups is 2. The highest BCUT2D eigenvalue weighted by atomic mass is 16.3. The minimum absolute atomic E-state index is 0.247. The summed E-state index contributed by atoms with van der Waals surface area (Å²) in [7, 11) is 0. The van der Waals surface area contributed by atoms with Crippen LogP contribution in [-0.2, 0) is 11.2 Å². The van der Waals surface area contributed by atoms with Crippen molar-refractivity contribution in [1.29, 1.82) is 0 Å². The standard InChI is InChI=1S/C35H28O2/c1-23-14-19-32-33(20-23)35(37,29-18-16-25-9-3-5-11-27(25)22-29)31-13-7-6-12-30(31)34(32,36)28-17-15-24-8-2-4-10-26(24)21-28/h2-13,15-23,36-37H,14H2,1H3. The minimum atomic E-state index is -1.38. The van der Waals surface area contributed by atoms with E-state index in [9.17, 15) is 10.2 Å². The Morgan fingerprint density at radius 2 is 1.03 bits per heavy atom. The molecule has 3 unspecified atom stereocenters. The summed E-state index contributed by atoms with van der Waals surface area (Å²) in [5, 5.41) is 30.0. The lowest BCUT2D eigenvalue weighted by molar-refractivity contribution is 0.0664. The van der Waals surface area contributed by atoms with Crippen molar-refractivity contribution in [2.24, 2.45) is 5.92 Å². The van der Waals surface area contributed by atoms with E-state index in [1.54, 1.807) is 0 Å². The van der Waals surface area contributed by atoms with E-state index < -0.39 is 11.2 Å². The van der Waals surface area contributed by atoms with Gasteiger partial charge in [-0.15, -0.1) is 0 Å². The maximum Gasteiger partial charge on any atom is 0.141 e. The Morgan fingerprint density at radius 1 is 0.568 bits per heavy atom. The first-order chi connectivity index (χ1) is 18.0. The summed E-state index contributed by atoms with van der Waals surface area (Å²) in [5.41, 5.74) is 1.85. The lowest BCUT2D eigenvalue weighted by atomic mass is 9.59. The van der Waals surface area contributed by atoms with E-state index in [-0.39, 0.29) is 5.92 Å². The number of hydrogen-bond acceptors (Lipinski definition) is 2. The molecule has 5 aromatic carbocycles. The average molecular weight is 481 g/mol. The van der Waals surface area contributed by atoms with Crippen LogP contribution in [0.4, 0.5) is 0 Å². The van der Waals surface area contributed by atoms with Gasteiger partial charge in [0.15, 0.2) is 0 Å². The van der Waals surface area contributed by atoms with Gasteiger partial charge in [-0.05, 0) is 79.4 Å². The summed E-state index contributed by atoms with van der Waals surface area (Å²) in [4.78, 5) is 0. The molecule has 0 heterocycles. The SMILES string of the molecule is CC1C=C2C(=CC1)C(O)(c1ccc3ccccc3c1)c1ccccc1C2(O)c1ccc2ccccc2c1. The summed E-state index contributed by atoms with van der Waals surface area (Å²) in [6.07, 6.45) is 5.11. The van der Waals surface area contributed by atoms with Crippen LogP contribution in [0.2, 0.25) is 0 Å². The smallest absolute Gasteiger partial charge is 0.141 e. The van der Waals surface area contributed by atoms with Gasteiger partial charge in [0.05, 0.1) is 0 Å². The highest BCUT2D eigenvalue weighted by Crippen LogP contribution is 2.57. The minimum Gasteiger partial charge on any atom is -0.376 e. The molecule has 2 nitrogen and oxygen atoms in total. The summed E-state index contributed by atoms with van der Waals surface area (Å²) >= 11 is 0. The Kier molecular flexibility index (Phi) is 4.81. The highest BCUT2D eigenvalue weighted by Gasteiger charge is 2.53. The topological polar surface area (TPSA) is 40.5 Å². The van der Waals surface area contributed by atoms with Crippen LogP contribution in [0.3, 0.4) is 0 Å². The van der Waals surface area contributed by atoms with Crippen molar-refractivity contribution in [3.63, 3.8) is 0 Å². The van der Waals surface area contributed by atoms with Crippen LogP contribution in [0.1, 0.15) is 35.6 Å². The van der Waals surface area contributed by atoms with Crippen LogP contribution in [-0.4, -0.2) is 10.2 Å². The van der Waals surface area contributed by atoms with E-state index in [0.717, 1.165) is 61.4 Å². The lowest BCUT2D eigenvalue weighted by Gasteiger charge is -2.48. The molecule has 0 saturated heterocycles. The van der Waals surface area contributed by atoms with E-state index in [4.69, 9.17) is 0 Å². The van der Waals surface area contributed by atoms with Crippen molar-refractivity contribution in [2.75, 3.05) is 0 Å². The molecule has 5 aromatic rings. The maximum atomic E-state index is 12.8. The Morgan fingerprint density at radius 3 is 1.57 bits per heavy atom. The molecule has 0 aromatic heterocycles. The second kappa shape index (κ2) is 8.01. The Bertz CT molecular complexity index is 1760. The van der Waals surface area contributed by atoms with E-state index >= 15 is 0 Å². The molecule has 180 valence electrons. The third kappa shape index (κ3) is 3.13. The molecule has 2 N–H and O–H groups in total. The summed E-state index contributed by atoms with van der Waals surface area (Å²) in [5.74, 6) is 0.247. The van der Waals surface area contributed by atoms with Gasteiger partial charge in [0.1, 0.15) is 11.2 Å². The predicted octanol–water partition coefficient (Wildman–Crippen LogP) is 7.37. The number of hydrogen-bond donors (Lipinski definition) is 2. The molecule has 0 aliphatic heterocycles. The third-order valence-electron chi connectivity index (χ3n) is 8.26. The van der Waals surface area contributed by atoms with Gasteiger partial charge >= 0.3 is 0 Å².